The molecule has 0 aromatic carbocycles. The molecule has 0 atom stereocenters. The molecule has 0 rings (SSSR count). The third-order valence-electron chi connectivity index (χ3n) is 0.800. The fraction of sp³-hybridized carbons (Fsp3) is 0.833. The highest BCUT2D eigenvalue weighted by Gasteiger charge is 2.08. The molecule has 3 nitrogen and oxygen atoms in total. The van der Waals surface area contributed by atoms with E-state index in [4.69, 9.17) is 10.2 Å². The molecular weight excluding hydrogens is 216 g/mol. The first-order valence-corrected chi connectivity index (χ1v) is 4.86. The Bertz CT molecular complexity index is 122. The summed E-state index contributed by atoms with van der Waals surface area (Å²) in [5.41, 5.74) is 0. The zero-order valence-electron chi connectivity index (χ0n) is 6.77. The van der Waals surface area contributed by atoms with E-state index in [0.717, 1.165) is 0 Å². The average Bonchev–Trinajstić information content (AvgIpc) is 1.87. The van der Waals surface area contributed by atoms with Crippen LogP contribution in [0.5, 0.6) is 0 Å². The number of carboxylic acid groups (broad SMARTS) is 1. The maximum absolute atomic E-state index is 9.55. The molecule has 0 amide bonds. The lowest BCUT2D eigenvalue weighted by atomic mass is 10.5. The van der Waals surface area contributed by atoms with Crippen molar-refractivity contribution in [3.8, 4) is 0 Å². The Kier molecular flexibility index (Phi) is 10.1. The summed E-state index contributed by atoms with van der Waals surface area (Å²) in [7, 11) is 0. The third-order valence-corrected chi connectivity index (χ3v) is 1.66. The van der Waals surface area contributed by atoms with Crippen molar-refractivity contribution in [3.63, 3.8) is 0 Å². The van der Waals surface area contributed by atoms with Crippen molar-refractivity contribution in [1.82, 2.24) is 0 Å². The number of thiol groups is 3. The van der Waals surface area contributed by atoms with Crippen LogP contribution < -0.4 is 0 Å². The number of carbonyl (C=O) groups is 1. The highest BCUT2D eigenvalue weighted by atomic mass is 32.2. The summed E-state index contributed by atoms with van der Waals surface area (Å²) < 4.78 is -1.07. The van der Waals surface area contributed by atoms with Crippen LogP contribution in [0.3, 0.4) is 0 Å². The SMILES string of the molecule is CCC(O)(S)S.O=C(O)CCS. The van der Waals surface area contributed by atoms with Crippen molar-refractivity contribution in [2.45, 2.75) is 24.0 Å². The summed E-state index contributed by atoms with van der Waals surface area (Å²) in [5.74, 6) is -0.361. The molecule has 0 heterocycles. The molecule has 0 aliphatic heterocycles. The second kappa shape index (κ2) is 8.10. The van der Waals surface area contributed by atoms with Crippen molar-refractivity contribution in [2.75, 3.05) is 5.75 Å². The molecule has 0 fully saturated rings. The minimum Gasteiger partial charge on any atom is -0.481 e. The highest BCUT2D eigenvalue weighted by molar-refractivity contribution is 8.00. The van der Waals surface area contributed by atoms with Crippen molar-refractivity contribution < 1.29 is 15.0 Å². The zero-order chi connectivity index (χ0) is 10.2. The van der Waals surface area contributed by atoms with Crippen molar-refractivity contribution >= 4 is 43.9 Å². The lowest BCUT2D eigenvalue weighted by Gasteiger charge is -2.09. The number of carboxylic acids is 1. The molecule has 0 saturated carbocycles. The second-order valence-electron chi connectivity index (χ2n) is 2.00. The number of aliphatic hydroxyl groups is 1. The van der Waals surface area contributed by atoms with Gasteiger partial charge in [-0.3, -0.25) is 4.79 Å². The van der Waals surface area contributed by atoms with E-state index in [1.54, 1.807) is 6.92 Å². The summed E-state index contributed by atoms with van der Waals surface area (Å²) in [5, 5.41) is 16.4. The number of hydrogen-bond acceptors (Lipinski definition) is 5. The lowest BCUT2D eigenvalue weighted by molar-refractivity contribution is -0.136. The molecule has 2 N–H and O–H groups in total. The van der Waals surface area contributed by atoms with Gasteiger partial charge in [0.2, 0.25) is 0 Å². The molecule has 0 aliphatic carbocycles. The predicted octanol–water partition coefficient (Wildman–Crippen LogP) is 1.29. The molecule has 0 radical (unpaired) electrons. The average molecular weight is 230 g/mol. The molecular formula is C6H14O3S3. The molecule has 0 aliphatic rings. The van der Waals surface area contributed by atoms with Crippen LogP contribution in [0.15, 0.2) is 0 Å². The van der Waals surface area contributed by atoms with Crippen molar-refractivity contribution in [2.24, 2.45) is 0 Å². The topological polar surface area (TPSA) is 57.5 Å². The van der Waals surface area contributed by atoms with Gasteiger partial charge in [-0.15, -0.1) is 25.3 Å². The van der Waals surface area contributed by atoms with Crippen LogP contribution >= 0.6 is 37.9 Å². The van der Waals surface area contributed by atoms with E-state index < -0.39 is 10.2 Å². The van der Waals surface area contributed by atoms with Gasteiger partial charge in [0.15, 0.2) is 4.27 Å². The predicted molar refractivity (Wildman–Crippen MR) is 59.3 cm³/mol. The number of rotatable bonds is 3. The Labute approximate surface area is 88.8 Å². The normalized spacial score (nSPS) is 10.1. The molecule has 0 spiro atoms. The minimum absolute atomic E-state index is 0.156. The first-order chi connectivity index (χ1) is 5.33. The quantitative estimate of drug-likeness (QED) is 0.375. The Morgan fingerprint density at radius 3 is 1.83 bits per heavy atom. The largest absolute Gasteiger partial charge is 0.481 e. The van der Waals surface area contributed by atoms with E-state index in [0.29, 0.717) is 12.2 Å². The summed E-state index contributed by atoms with van der Waals surface area (Å²) in [6, 6.07) is 0. The van der Waals surface area contributed by atoms with E-state index in [2.05, 4.69) is 37.9 Å². The van der Waals surface area contributed by atoms with Crippen LogP contribution in [0.2, 0.25) is 0 Å². The fourth-order valence-electron chi connectivity index (χ4n) is 0.0956. The first-order valence-electron chi connectivity index (χ1n) is 3.33. The maximum Gasteiger partial charge on any atom is 0.304 e. The molecule has 12 heavy (non-hydrogen) atoms. The Hall–Kier alpha value is 0.480. The van der Waals surface area contributed by atoms with Gasteiger partial charge in [-0.1, -0.05) is 6.92 Å². The summed E-state index contributed by atoms with van der Waals surface area (Å²) in [6.07, 6.45) is 0.711. The van der Waals surface area contributed by atoms with Gasteiger partial charge in [0.25, 0.3) is 0 Å². The Morgan fingerprint density at radius 1 is 1.50 bits per heavy atom. The van der Waals surface area contributed by atoms with Gasteiger partial charge in [-0.2, -0.15) is 12.6 Å². The van der Waals surface area contributed by atoms with Crippen molar-refractivity contribution in [3.05, 3.63) is 0 Å². The molecule has 74 valence electrons. The van der Waals surface area contributed by atoms with Crippen LogP contribution in [-0.2, 0) is 4.79 Å². The summed E-state index contributed by atoms with van der Waals surface area (Å²) >= 11 is 11.0. The molecule has 0 unspecified atom stereocenters. The van der Waals surface area contributed by atoms with Crippen LogP contribution in [-0.4, -0.2) is 26.2 Å². The lowest BCUT2D eigenvalue weighted by Crippen LogP contribution is -2.07. The van der Waals surface area contributed by atoms with Crippen LogP contribution in [0.4, 0.5) is 0 Å². The van der Waals surface area contributed by atoms with E-state index >= 15 is 0 Å². The van der Waals surface area contributed by atoms with Gasteiger partial charge < -0.3 is 10.2 Å². The van der Waals surface area contributed by atoms with E-state index in [1.807, 2.05) is 0 Å². The smallest absolute Gasteiger partial charge is 0.304 e. The maximum atomic E-state index is 9.55. The van der Waals surface area contributed by atoms with Gasteiger partial charge in [0.1, 0.15) is 0 Å². The van der Waals surface area contributed by atoms with Gasteiger partial charge in [0, 0.05) is 5.75 Å². The van der Waals surface area contributed by atoms with Gasteiger partial charge >= 0.3 is 5.97 Å². The summed E-state index contributed by atoms with van der Waals surface area (Å²) in [4.78, 5) is 9.55. The van der Waals surface area contributed by atoms with Crippen LogP contribution in [0.25, 0.3) is 0 Å². The van der Waals surface area contributed by atoms with E-state index in [9.17, 15) is 4.79 Å². The molecule has 6 heteroatoms. The van der Waals surface area contributed by atoms with E-state index in [-0.39, 0.29) is 6.42 Å². The standard InChI is InChI=1S/C3H6O2S.C3H8OS2/c4-3(5)1-2-6;1-2-3(4,5)6/h6H,1-2H2,(H,4,5);4-6H,2H2,1H3. The Morgan fingerprint density at radius 2 is 1.83 bits per heavy atom. The molecule has 0 aromatic rings. The van der Waals surface area contributed by atoms with Crippen LogP contribution in [0.1, 0.15) is 19.8 Å². The van der Waals surface area contributed by atoms with Gasteiger partial charge in [0.05, 0.1) is 6.42 Å². The Balaban J connectivity index is 0. The molecule has 0 aromatic heterocycles. The third kappa shape index (κ3) is 22.4. The summed E-state index contributed by atoms with van der Waals surface area (Å²) in [6.45, 7) is 1.81. The first kappa shape index (κ1) is 15.0. The van der Waals surface area contributed by atoms with E-state index in [1.165, 1.54) is 0 Å². The van der Waals surface area contributed by atoms with Crippen molar-refractivity contribution in [1.29, 1.82) is 0 Å². The highest BCUT2D eigenvalue weighted by Crippen LogP contribution is 2.17. The van der Waals surface area contributed by atoms with Gasteiger partial charge in [-0.25, -0.2) is 0 Å². The number of aliphatic carboxylic acids is 1. The van der Waals surface area contributed by atoms with Crippen LogP contribution in [0, 0.1) is 0 Å². The second-order valence-corrected chi connectivity index (χ2v) is 4.27. The number of hydrogen-bond donors (Lipinski definition) is 5. The fourth-order valence-corrected chi connectivity index (χ4v) is 0.287. The zero-order valence-corrected chi connectivity index (χ0v) is 9.45. The molecule has 0 bridgehead atoms. The van der Waals surface area contributed by atoms with Gasteiger partial charge in [-0.05, 0) is 6.42 Å². The monoisotopic (exact) mass is 230 g/mol. The molecule has 0 saturated heterocycles. The minimum atomic E-state index is -1.07.